The first-order chi connectivity index (χ1) is 7.13. The standard InChI is InChI=1S/C8H13N3O4/c9-11-10-4-2-1-3-6(13)8(15)7(14)5-12/h7,12,14H,1-5H2/t7-/m0/s1. The first-order valence-corrected chi connectivity index (χ1v) is 4.50. The van der Waals surface area contributed by atoms with Crippen molar-refractivity contribution in [3.05, 3.63) is 10.4 Å². The van der Waals surface area contributed by atoms with Gasteiger partial charge in [0.25, 0.3) is 0 Å². The lowest BCUT2D eigenvalue weighted by Gasteiger charge is -2.03. The summed E-state index contributed by atoms with van der Waals surface area (Å²) in [6, 6.07) is 0. The molecule has 0 unspecified atom stereocenters. The number of hydrogen-bond donors (Lipinski definition) is 2. The molecule has 0 aromatic heterocycles. The lowest BCUT2D eigenvalue weighted by molar-refractivity contribution is -0.142. The number of ketones is 2. The lowest BCUT2D eigenvalue weighted by Crippen LogP contribution is -2.31. The molecule has 0 spiro atoms. The fraction of sp³-hybridized carbons (Fsp3) is 0.750. The van der Waals surface area contributed by atoms with Gasteiger partial charge in [-0.25, -0.2) is 0 Å². The van der Waals surface area contributed by atoms with Crippen molar-refractivity contribution in [3.8, 4) is 0 Å². The fourth-order valence-electron chi connectivity index (χ4n) is 0.905. The monoisotopic (exact) mass is 215 g/mol. The van der Waals surface area contributed by atoms with E-state index in [9.17, 15) is 9.59 Å². The number of aliphatic hydroxyl groups excluding tert-OH is 2. The molecule has 0 rings (SSSR count). The molecule has 84 valence electrons. The number of carbonyl (C=O) groups excluding carboxylic acids is 2. The SMILES string of the molecule is [N-]=[N+]=NCCCCC(=O)C(=O)[C@@H](O)CO. The van der Waals surface area contributed by atoms with E-state index < -0.39 is 24.3 Å². The molecule has 2 N–H and O–H groups in total. The van der Waals surface area contributed by atoms with Gasteiger partial charge < -0.3 is 10.2 Å². The molecule has 0 saturated carbocycles. The quantitative estimate of drug-likeness (QED) is 0.194. The Kier molecular flexibility index (Phi) is 7.17. The molecule has 0 amide bonds. The highest BCUT2D eigenvalue weighted by atomic mass is 16.3. The number of rotatable bonds is 8. The van der Waals surface area contributed by atoms with Crippen LogP contribution in [0.5, 0.6) is 0 Å². The molecular weight excluding hydrogens is 202 g/mol. The van der Waals surface area contributed by atoms with Crippen molar-refractivity contribution in [3.63, 3.8) is 0 Å². The second kappa shape index (κ2) is 7.93. The third kappa shape index (κ3) is 5.79. The van der Waals surface area contributed by atoms with Crippen LogP contribution in [0.2, 0.25) is 0 Å². The van der Waals surface area contributed by atoms with E-state index >= 15 is 0 Å². The molecule has 7 nitrogen and oxygen atoms in total. The number of hydrogen-bond acceptors (Lipinski definition) is 5. The van der Waals surface area contributed by atoms with E-state index in [-0.39, 0.29) is 13.0 Å². The summed E-state index contributed by atoms with van der Waals surface area (Å²) in [7, 11) is 0. The van der Waals surface area contributed by atoms with Crippen molar-refractivity contribution >= 4 is 11.6 Å². The largest absolute Gasteiger partial charge is 0.393 e. The third-order valence-electron chi connectivity index (χ3n) is 1.73. The van der Waals surface area contributed by atoms with Crippen LogP contribution in [0, 0.1) is 0 Å². The van der Waals surface area contributed by atoms with Gasteiger partial charge in [0.05, 0.1) is 6.61 Å². The maximum atomic E-state index is 11.1. The molecule has 0 fully saturated rings. The number of carbonyl (C=O) groups is 2. The van der Waals surface area contributed by atoms with Crippen LogP contribution in [0.4, 0.5) is 0 Å². The number of Topliss-reactive ketones (excluding diaryl/α,β-unsaturated/α-hetero) is 2. The smallest absolute Gasteiger partial charge is 0.229 e. The Morgan fingerprint density at radius 3 is 2.60 bits per heavy atom. The Hall–Kier alpha value is -1.43. The normalized spacial score (nSPS) is 11.6. The summed E-state index contributed by atoms with van der Waals surface area (Å²) < 4.78 is 0. The van der Waals surface area contributed by atoms with Crippen LogP contribution >= 0.6 is 0 Å². The van der Waals surface area contributed by atoms with E-state index in [1.165, 1.54) is 0 Å². The van der Waals surface area contributed by atoms with Gasteiger partial charge in [-0.05, 0) is 18.4 Å². The van der Waals surface area contributed by atoms with Gasteiger partial charge in [0.15, 0.2) is 0 Å². The second-order valence-corrected chi connectivity index (χ2v) is 2.90. The molecule has 0 aromatic rings. The summed E-state index contributed by atoms with van der Waals surface area (Å²) in [5, 5.41) is 20.5. The first kappa shape index (κ1) is 13.6. The third-order valence-corrected chi connectivity index (χ3v) is 1.73. The fourth-order valence-corrected chi connectivity index (χ4v) is 0.905. The molecule has 0 radical (unpaired) electrons. The summed E-state index contributed by atoms with van der Waals surface area (Å²) in [6.07, 6.45) is -0.689. The summed E-state index contributed by atoms with van der Waals surface area (Å²) in [5.74, 6) is -1.68. The van der Waals surface area contributed by atoms with Crippen molar-refractivity contribution < 1.29 is 19.8 Å². The Bertz CT molecular complexity index is 273. The molecule has 15 heavy (non-hydrogen) atoms. The molecular formula is C8H13N3O4. The zero-order valence-corrected chi connectivity index (χ0v) is 8.17. The second-order valence-electron chi connectivity index (χ2n) is 2.90. The van der Waals surface area contributed by atoms with Gasteiger partial charge in [0.2, 0.25) is 11.6 Å². The summed E-state index contributed by atoms with van der Waals surface area (Å²) in [6.45, 7) is -0.468. The minimum Gasteiger partial charge on any atom is -0.393 e. The highest BCUT2D eigenvalue weighted by Crippen LogP contribution is 2.00. The zero-order valence-electron chi connectivity index (χ0n) is 8.17. The van der Waals surface area contributed by atoms with E-state index in [0.29, 0.717) is 12.8 Å². The van der Waals surface area contributed by atoms with E-state index in [0.717, 1.165) is 0 Å². The van der Waals surface area contributed by atoms with Gasteiger partial charge in [0, 0.05) is 17.9 Å². The van der Waals surface area contributed by atoms with Crippen LogP contribution in [0.15, 0.2) is 5.11 Å². The molecule has 0 saturated heterocycles. The molecule has 0 aliphatic heterocycles. The van der Waals surface area contributed by atoms with Crippen molar-refractivity contribution in [2.75, 3.05) is 13.2 Å². The van der Waals surface area contributed by atoms with Crippen molar-refractivity contribution in [2.45, 2.75) is 25.4 Å². The van der Waals surface area contributed by atoms with Crippen LogP contribution in [0.1, 0.15) is 19.3 Å². The van der Waals surface area contributed by atoms with Crippen molar-refractivity contribution in [2.24, 2.45) is 5.11 Å². The van der Waals surface area contributed by atoms with Crippen molar-refractivity contribution in [1.29, 1.82) is 0 Å². The average molecular weight is 215 g/mol. The maximum Gasteiger partial charge on any atom is 0.229 e. The van der Waals surface area contributed by atoms with Gasteiger partial charge in [-0.15, -0.1) is 0 Å². The van der Waals surface area contributed by atoms with Crippen LogP contribution in [-0.4, -0.2) is 41.0 Å². The van der Waals surface area contributed by atoms with E-state index in [1.54, 1.807) is 0 Å². The highest BCUT2D eigenvalue weighted by molar-refractivity contribution is 6.38. The van der Waals surface area contributed by atoms with Crippen molar-refractivity contribution in [1.82, 2.24) is 0 Å². The molecule has 1 atom stereocenters. The Labute approximate surface area is 86.3 Å². The van der Waals surface area contributed by atoms with E-state index in [1.807, 2.05) is 0 Å². The molecule has 0 heterocycles. The predicted molar refractivity (Wildman–Crippen MR) is 51.0 cm³/mol. The Morgan fingerprint density at radius 2 is 2.07 bits per heavy atom. The summed E-state index contributed by atoms with van der Waals surface area (Å²) >= 11 is 0. The van der Waals surface area contributed by atoms with Gasteiger partial charge in [-0.3, -0.25) is 9.59 Å². The maximum absolute atomic E-state index is 11.1. The number of azide groups is 1. The zero-order chi connectivity index (χ0) is 11.7. The highest BCUT2D eigenvalue weighted by Gasteiger charge is 2.21. The minimum atomic E-state index is -1.62. The Morgan fingerprint density at radius 1 is 1.40 bits per heavy atom. The van der Waals surface area contributed by atoms with Crippen LogP contribution in [0.3, 0.4) is 0 Å². The van der Waals surface area contributed by atoms with Crippen LogP contribution in [-0.2, 0) is 9.59 Å². The van der Waals surface area contributed by atoms with Crippen LogP contribution < -0.4 is 0 Å². The topological polar surface area (TPSA) is 123 Å². The molecule has 0 aromatic carbocycles. The molecule has 0 aliphatic rings. The van der Waals surface area contributed by atoms with Gasteiger partial charge in [-0.2, -0.15) is 0 Å². The lowest BCUT2D eigenvalue weighted by atomic mass is 10.1. The number of nitrogens with zero attached hydrogens (tertiary/aromatic N) is 3. The average Bonchev–Trinajstić information content (AvgIpc) is 2.26. The molecule has 0 aliphatic carbocycles. The first-order valence-electron chi connectivity index (χ1n) is 4.50. The van der Waals surface area contributed by atoms with E-state index in [4.69, 9.17) is 15.7 Å². The van der Waals surface area contributed by atoms with Crippen LogP contribution in [0.25, 0.3) is 10.4 Å². The summed E-state index contributed by atoms with van der Waals surface area (Å²) in [5.41, 5.74) is 7.94. The van der Waals surface area contributed by atoms with E-state index in [2.05, 4.69) is 10.0 Å². The molecule has 0 bridgehead atoms. The minimum absolute atomic E-state index is 0.00313. The number of unbranched alkanes of at least 4 members (excludes halogenated alkanes) is 1. The summed E-state index contributed by atoms with van der Waals surface area (Å²) in [4.78, 5) is 24.5. The predicted octanol–water partition coefficient (Wildman–Crippen LogP) is -0.0416. The van der Waals surface area contributed by atoms with Gasteiger partial charge >= 0.3 is 0 Å². The van der Waals surface area contributed by atoms with Gasteiger partial charge in [-0.1, -0.05) is 5.11 Å². The molecule has 7 heteroatoms. The Balaban J connectivity index is 3.74. The number of aliphatic hydroxyl groups is 2. The van der Waals surface area contributed by atoms with Gasteiger partial charge in [0.1, 0.15) is 6.10 Å².